The number of fused-ring (bicyclic) bond motifs is 1. The topological polar surface area (TPSA) is 88.1 Å². The minimum Gasteiger partial charge on any atom is -0.493 e. The fourth-order valence-corrected chi connectivity index (χ4v) is 3.09. The quantitative estimate of drug-likeness (QED) is 0.546. The zero-order chi connectivity index (χ0) is 24.7. The van der Waals surface area contributed by atoms with Crippen LogP contribution in [0.1, 0.15) is 13.9 Å². The van der Waals surface area contributed by atoms with E-state index in [0.29, 0.717) is 26.4 Å². The SMILES string of the molecule is [2H]C([2H])([2H])Oc1cn(C([2H])([2H])[2H])nc1COc1ccc(-c2cccc(Cl)c2)c2ncnc(N)c12. The van der Waals surface area contributed by atoms with Crippen molar-refractivity contribution in [1.29, 1.82) is 0 Å². The largest absolute Gasteiger partial charge is 0.493 e. The van der Waals surface area contributed by atoms with Gasteiger partial charge in [-0.15, -0.1) is 0 Å². The van der Waals surface area contributed by atoms with Crippen LogP contribution in [0.15, 0.2) is 48.9 Å². The predicted molar refractivity (Wildman–Crippen MR) is 108 cm³/mol. The summed E-state index contributed by atoms with van der Waals surface area (Å²) < 4.78 is 56.0. The summed E-state index contributed by atoms with van der Waals surface area (Å²) in [5, 5.41) is 4.91. The molecule has 0 atom stereocenters. The number of nitrogens with two attached hydrogens (primary N) is 1. The lowest BCUT2D eigenvalue weighted by Crippen LogP contribution is -2.02. The third kappa shape index (κ3) is 3.32. The van der Waals surface area contributed by atoms with E-state index in [1.807, 2.05) is 12.1 Å². The number of nitrogens with zero attached hydrogens (tertiary/aromatic N) is 4. The molecule has 0 unspecified atom stereocenters. The Balaban J connectivity index is 1.73. The Morgan fingerprint density at radius 1 is 1.21 bits per heavy atom. The lowest BCUT2D eigenvalue weighted by Gasteiger charge is -2.13. The Labute approximate surface area is 175 Å². The normalized spacial score (nSPS) is 15.0. The molecule has 8 heteroatoms. The average molecular weight is 402 g/mol. The van der Waals surface area contributed by atoms with Crippen LogP contribution in [0.2, 0.25) is 5.02 Å². The standard InChI is InChI=1S/C20H18ClN5O2/c1-26-9-17(27-2)15(25-26)10-28-16-7-6-14(12-4-3-5-13(21)8-12)19-18(16)20(22)24-11-23-19/h3-9,11H,10H2,1-2H3,(H2,22,23,24)/i1D3,2D3. The number of methoxy groups -OCH3 is 1. The van der Waals surface area contributed by atoms with Crippen LogP contribution < -0.4 is 15.2 Å². The maximum absolute atomic E-state index is 7.52. The molecule has 0 radical (unpaired) electrons. The van der Waals surface area contributed by atoms with E-state index in [1.165, 1.54) is 6.33 Å². The number of nitrogen functional groups attached to an aromatic ring is 1. The van der Waals surface area contributed by atoms with Gasteiger partial charge in [-0.25, -0.2) is 9.97 Å². The molecule has 142 valence electrons. The van der Waals surface area contributed by atoms with Crippen LogP contribution in [-0.4, -0.2) is 26.8 Å². The lowest BCUT2D eigenvalue weighted by atomic mass is 10.0. The molecule has 2 heterocycles. The first kappa shape index (κ1) is 12.2. The van der Waals surface area contributed by atoms with Gasteiger partial charge in [-0.2, -0.15) is 5.10 Å². The second-order valence-corrected chi connectivity index (χ2v) is 6.32. The van der Waals surface area contributed by atoms with Gasteiger partial charge in [0.15, 0.2) is 5.75 Å². The maximum Gasteiger partial charge on any atom is 0.163 e. The number of benzene rings is 2. The summed E-state index contributed by atoms with van der Waals surface area (Å²) in [6.07, 6.45) is 2.33. The molecule has 0 saturated carbocycles. The van der Waals surface area contributed by atoms with E-state index in [-0.39, 0.29) is 23.9 Å². The Kier molecular flexibility index (Phi) is 3.21. The molecule has 0 aliphatic rings. The van der Waals surface area contributed by atoms with Gasteiger partial charge in [0, 0.05) is 21.7 Å². The molecule has 0 aliphatic heterocycles. The first-order valence-electron chi connectivity index (χ1n) is 11.1. The number of ether oxygens (including phenoxy) is 2. The average Bonchev–Trinajstić information content (AvgIpc) is 3.13. The van der Waals surface area contributed by atoms with E-state index in [1.54, 1.807) is 24.3 Å². The number of aryl methyl sites for hydroxylation is 1. The molecule has 2 aromatic carbocycles. The Bertz CT molecular complexity index is 1360. The smallest absolute Gasteiger partial charge is 0.163 e. The number of halogens is 1. The highest BCUT2D eigenvalue weighted by atomic mass is 35.5. The summed E-state index contributed by atoms with van der Waals surface area (Å²) in [5.41, 5.74) is 8.18. The molecular formula is C20H18ClN5O2. The molecule has 4 rings (SSSR count). The van der Waals surface area contributed by atoms with Crippen LogP contribution in [0.5, 0.6) is 11.5 Å². The van der Waals surface area contributed by atoms with Crippen molar-refractivity contribution in [2.45, 2.75) is 6.61 Å². The molecule has 0 bridgehead atoms. The molecule has 28 heavy (non-hydrogen) atoms. The van der Waals surface area contributed by atoms with Crippen LogP contribution >= 0.6 is 11.6 Å². The number of anilines is 1. The van der Waals surface area contributed by atoms with Gasteiger partial charge in [0.05, 0.1) is 28.2 Å². The first-order chi connectivity index (χ1) is 15.9. The summed E-state index contributed by atoms with van der Waals surface area (Å²) >= 11 is 6.14. The monoisotopic (exact) mass is 401 g/mol. The van der Waals surface area contributed by atoms with E-state index in [9.17, 15) is 0 Å². The highest BCUT2D eigenvalue weighted by molar-refractivity contribution is 6.30. The maximum atomic E-state index is 7.52. The zero-order valence-electron chi connectivity index (χ0n) is 20.4. The first-order valence-corrected chi connectivity index (χ1v) is 8.50. The molecule has 0 saturated heterocycles. The van der Waals surface area contributed by atoms with Crippen molar-refractivity contribution >= 4 is 28.3 Å². The van der Waals surface area contributed by atoms with Gasteiger partial charge >= 0.3 is 0 Å². The van der Waals surface area contributed by atoms with Crippen molar-refractivity contribution < 1.29 is 17.7 Å². The molecular weight excluding hydrogens is 378 g/mol. The third-order valence-corrected chi connectivity index (χ3v) is 4.38. The van der Waals surface area contributed by atoms with E-state index in [2.05, 4.69) is 15.1 Å². The van der Waals surface area contributed by atoms with Crippen LogP contribution in [0.25, 0.3) is 22.0 Å². The molecule has 2 aromatic heterocycles. The summed E-state index contributed by atoms with van der Waals surface area (Å²) in [7, 11) is -2.80. The summed E-state index contributed by atoms with van der Waals surface area (Å²) in [5.74, 6) is 0.221. The van der Waals surface area contributed by atoms with Crippen molar-refractivity contribution in [3.63, 3.8) is 0 Å². The van der Waals surface area contributed by atoms with Crippen LogP contribution in [-0.2, 0) is 13.6 Å². The third-order valence-electron chi connectivity index (χ3n) is 4.14. The minimum absolute atomic E-state index is 0.0188. The van der Waals surface area contributed by atoms with Crippen LogP contribution in [0.4, 0.5) is 5.82 Å². The lowest BCUT2D eigenvalue weighted by molar-refractivity contribution is 0.295. The van der Waals surface area contributed by atoms with Gasteiger partial charge in [-0.1, -0.05) is 23.7 Å². The molecule has 4 aromatic rings. The van der Waals surface area contributed by atoms with Crippen molar-refractivity contribution in [3.8, 4) is 22.6 Å². The van der Waals surface area contributed by atoms with E-state index < -0.39 is 14.0 Å². The van der Waals surface area contributed by atoms with E-state index >= 15 is 0 Å². The Hall–Kier alpha value is -3.32. The zero-order valence-corrected chi connectivity index (χ0v) is 15.1. The highest BCUT2D eigenvalue weighted by Crippen LogP contribution is 2.36. The van der Waals surface area contributed by atoms with E-state index in [4.69, 9.17) is 35.0 Å². The summed E-state index contributed by atoms with van der Waals surface area (Å²) in [4.78, 5) is 8.40. The van der Waals surface area contributed by atoms with Gasteiger partial charge in [0.2, 0.25) is 0 Å². The van der Waals surface area contributed by atoms with E-state index in [0.717, 1.165) is 17.3 Å². The Morgan fingerprint density at radius 3 is 2.96 bits per heavy atom. The van der Waals surface area contributed by atoms with Crippen molar-refractivity contribution in [2.75, 3.05) is 12.8 Å². The molecule has 7 nitrogen and oxygen atoms in total. The fourth-order valence-electron chi connectivity index (χ4n) is 2.90. The predicted octanol–water partition coefficient (Wildman–Crippen LogP) is 3.85. The highest BCUT2D eigenvalue weighted by Gasteiger charge is 2.15. The van der Waals surface area contributed by atoms with Gasteiger partial charge in [0.25, 0.3) is 0 Å². The number of rotatable bonds is 5. The van der Waals surface area contributed by atoms with Crippen molar-refractivity contribution in [2.24, 2.45) is 6.98 Å². The molecule has 2 N–H and O–H groups in total. The van der Waals surface area contributed by atoms with Crippen LogP contribution in [0.3, 0.4) is 0 Å². The van der Waals surface area contributed by atoms with Gasteiger partial charge < -0.3 is 15.2 Å². The van der Waals surface area contributed by atoms with Gasteiger partial charge in [0.1, 0.15) is 30.2 Å². The second-order valence-electron chi connectivity index (χ2n) is 5.88. The number of hydrogen-bond donors (Lipinski definition) is 1. The molecule has 0 aliphatic carbocycles. The van der Waals surface area contributed by atoms with Crippen LogP contribution in [0, 0.1) is 0 Å². The number of hydrogen-bond acceptors (Lipinski definition) is 6. The minimum atomic E-state index is -2.80. The number of aromatic nitrogens is 4. The van der Waals surface area contributed by atoms with Gasteiger partial charge in [-0.05, 0) is 29.8 Å². The van der Waals surface area contributed by atoms with Gasteiger partial charge in [-0.3, -0.25) is 4.68 Å². The molecule has 0 fully saturated rings. The van der Waals surface area contributed by atoms with Crippen molar-refractivity contribution in [1.82, 2.24) is 19.7 Å². The molecule has 0 amide bonds. The summed E-state index contributed by atoms with van der Waals surface area (Å²) in [6.45, 7) is -2.93. The fraction of sp³-hybridized carbons (Fsp3) is 0.150. The van der Waals surface area contributed by atoms with Crippen molar-refractivity contribution in [3.05, 3.63) is 59.6 Å². The summed E-state index contributed by atoms with van der Waals surface area (Å²) in [6, 6.07) is 10.7. The Morgan fingerprint density at radius 2 is 2.14 bits per heavy atom. The molecule has 0 spiro atoms. The second kappa shape index (κ2) is 7.36.